The van der Waals surface area contributed by atoms with E-state index in [0.717, 1.165) is 23.7 Å². The normalized spacial score (nSPS) is 14.6. The lowest BCUT2D eigenvalue weighted by Gasteiger charge is -2.08. The minimum Gasteiger partial charge on any atom is -0.478 e. The molecule has 2 N–H and O–H groups in total. The van der Waals surface area contributed by atoms with Crippen molar-refractivity contribution in [2.45, 2.75) is 32.6 Å². The Hall–Kier alpha value is -1.51. The van der Waals surface area contributed by atoms with Crippen molar-refractivity contribution in [1.82, 2.24) is 0 Å². The highest BCUT2D eigenvalue weighted by Gasteiger charge is 2.19. The van der Waals surface area contributed by atoms with Crippen LogP contribution in [0, 0.1) is 12.8 Å². The number of nitrogens with one attached hydrogen (secondary N) is 1. The number of hydrogen-bond donors (Lipinski definition) is 2. The van der Waals surface area contributed by atoms with Crippen LogP contribution in [0.2, 0.25) is 0 Å². The maximum absolute atomic E-state index is 10.9. The van der Waals surface area contributed by atoms with Gasteiger partial charge >= 0.3 is 5.97 Å². The van der Waals surface area contributed by atoms with Crippen LogP contribution in [0.4, 0.5) is 5.69 Å². The molecule has 1 aromatic rings. The molecule has 0 radical (unpaired) electrons. The molecule has 92 valence electrons. The molecular weight excluding hydrogens is 214 g/mol. The van der Waals surface area contributed by atoms with Crippen molar-refractivity contribution in [3.63, 3.8) is 0 Å². The molecule has 3 nitrogen and oxygen atoms in total. The van der Waals surface area contributed by atoms with Gasteiger partial charge in [-0.05, 0) is 49.4 Å². The summed E-state index contributed by atoms with van der Waals surface area (Å²) in [6.07, 6.45) is 5.34. The Bertz CT molecular complexity index is 411. The number of aryl methyl sites for hydroxylation is 1. The van der Waals surface area contributed by atoms with Gasteiger partial charge in [-0.15, -0.1) is 0 Å². The van der Waals surface area contributed by atoms with Crippen molar-refractivity contribution in [2.75, 3.05) is 11.9 Å². The van der Waals surface area contributed by atoms with E-state index in [1.54, 1.807) is 6.07 Å². The Labute approximate surface area is 102 Å². The van der Waals surface area contributed by atoms with Gasteiger partial charge in [0.15, 0.2) is 0 Å². The molecule has 0 unspecified atom stereocenters. The van der Waals surface area contributed by atoms with Gasteiger partial charge in [0.1, 0.15) is 0 Å². The smallest absolute Gasteiger partial charge is 0.335 e. The predicted octanol–water partition coefficient (Wildman–Crippen LogP) is 3.30. The number of carboxylic acids is 1. The van der Waals surface area contributed by atoms with Crippen molar-refractivity contribution < 1.29 is 9.90 Å². The second-order valence-corrected chi connectivity index (χ2v) is 4.85. The molecule has 0 atom stereocenters. The van der Waals surface area contributed by atoms with Crippen molar-refractivity contribution in [2.24, 2.45) is 5.92 Å². The molecule has 2 rings (SSSR count). The highest BCUT2D eigenvalue weighted by Crippen LogP contribution is 2.33. The van der Waals surface area contributed by atoms with Crippen LogP contribution in [0.3, 0.4) is 0 Å². The first-order valence-electron chi connectivity index (χ1n) is 6.24. The Balaban J connectivity index is 1.83. The van der Waals surface area contributed by atoms with Crippen LogP contribution >= 0.6 is 0 Å². The third-order valence-electron chi connectivity index (χ3n) is 3.27. The Kier molecular flexibility index (Phi) is 3.67. The van der Waals surface area contributed by atoms with E-state index in [1.165, 1.54) is 25.7 Å². The average molecular weight is 233 g/mol. The molecule has 1 fully saturated rings. The van der Waals surface area contributed by atoms with E-state index in [2.05, 4.69) is 5.32 Å². The average Bonchev–Trinajstić information content (AvgIpc) is 3.08. The minimum absolute atomic E-state index is 0.383. The van der Waals surface area contributed by atoms with E-state index in [-0.39, 0.29) is 0 Å². The van der Waals surface area contributed by atoms with Crippen LogP contribution in [-0.2, 0) is 0 Å². The standard InChI is InChI=1S/C14H19NO2/c1-10-9-12(6-7-13(10)14(16)17)15-8-2-3-11-4-5-11/h6-7,9,11,15H,2-5,8H2,1H3,(H,16,17). The minimum atomic E-state index is -0.859. The molecule has 0 heterocycles. The quantitative estimate of drug-likeness (QED) is 0.741. The number of benzene rings is 1. The molecule has 0 aliphatic heterocycles. The molecule has 1 aliphatic rings. The largest absolute Gasteiger partial charge is 0.478 e. The third-order valence-corrected chi connectivity index (χ3v) is 3.27. The van der Waals surface area contributed by atoms with E-state index in [1.807, 2.05) is 19.1 Å². The van der Waals surface area contributed by atoms with Crippen molar-refractivity contribution in [3.05, 3.63) is 29.3 Å². The summed E-state index contributed by atoms with van der Waals surface area (Å²) in [4.78, 5) is 10.9. The first-order valence-corrected chi connectivity index (χ1v) is 6.24. The summed E-state index contributed by atoms with van der Waals surface area (Å²) < 4.78 is 0. The summed E-state index contributed by atoms with van der Waals surface area (Å²) in [7, 11) is 0. The number of hydrogen-bond acceptors (Lipinski definition) is 2. The monoisotopic (exact) mass is 233 g/mol. The number of carbonyl (C=O) groups is 1. The van der Waals surface area contributed by atoms with Crippen LogP contribution in [0.1, 0.15) is 41.6 Å². The first kappa shape index (κ1) is 12.0. The molecule has 0 saturated heterocycles. The summed E-state index contributed by atoms with van der Waals surface area (Å²) in [5.41, 5.74) is 2.21. The molecule has 1 aromatic carbocycles. The number of anilines is 1. The Morgan fingerprint density at radius 1 is 1.47 bits per heavy atom. The highest BCUT2D eigenvalue weighted by atomic mass is 16.4. The van der Waals surface area contributed by atoms with Crippen LogP contribution in [0.5, 0.6) is 0 Å². The number of carboxylic acid groups (broad SMARTS) is 1. The van der Waals surface area contributed by atoms with E-state index >= 15 is 0 Å². The second-order valence-electron chi connectivity index (χ2n) is 4.85. The van der Waals surface area contributed by atoms with Gasteiger partial charge in [0.2, 0.25) is 0 Å². The SMILES string of the molecule is Cc1cc(NCCCC2CC2)ccc1C(=O)O. The number of rotatable bonds is 6. The molecule has 0 spiro atoms. The highest BCUT2D eigenvalue weighted by molar-refractivity contribution is 5.89. The van der Waals surface area contributed by atoms with Crippen LogP contribution < -0.4 is 5.32 Å². The van der Waals surface area contributed by atoms with Crippen LogP contribution in [-0.4, -0.2) is 17.6 Å². The van der Waals surface area contributed by atoms with Gasteiger partial charge in [-0.1, -0.05) is 12.8 Å². The van der Waals surface area contributed by atoms with Gasteiger partial charge in [0.25, 0.3) is 0 Å². The van der Waals surface area contributed by atoms with Crippen LogP contribution in [0.15, 0.2) is 18.2 Å². The predicted molar refractivity (Wildman–Crippen MR) is 68.6 cm³/mol. The van der Waals surface area contributed by atoms with Crippen LogP contribution in [0.25, 0.3) is 0 Å². The fraction of sp³-hybridized carbons (Fsp3) is 0.500. The van der Waals surface area contributed by atoms with Gasteiger partial charge in [-0.2, -0.15) is 0 Å². The van der Waals surface area contributed by atoms with E-state index in [4.69, 9.17) is 5.11 Å². The first-order chi connectivity index (χ1) is 8.16. The zero-order chi connectivity index (χ0) is 12.3. The molecule has 0 amide bonds. The molecule has 0 aromatic heterocycles. The topological polar surface area (TPSA) is 49.3 Å². The zero-order valence-electron chi connectivity index (χ0n) is 10.2. The summed E-state index contributed by atoms with van der Waals surface area (Å²) >= 11 is 0. The number of aromatic carboxylic acids is 1. The van der Waals surface area contributed by atoms with E-state index in [0.29, 0.717) is 5.56 Å². The summed E-state index contributed by atoms with van der Waals surface area (Å²) in [5, 5.41) is 12.3. The van der Waals surface area contributed by atoms with Crippen molar-refractivity contribution in [1.29, 1.82) is 0 Å². The van der Waals surface area contributed by atoms with Gasteiger partial charge < -0.3 is 10.4 Å². The lowest BCUT2D eigenvalue weighted by Crippen LogP contribution is -2.04. The Morgan fingerprint density at radius 3 is 2.82 bits per heavy atom. The summed E-state index contributed by atoms with van der Waals surface area (Å²) in [5.74, 6) is 0.121. The molecule has 17 heavy (non-hydrogen) atoms. The van der Waals surface area contributed by atoms with Crippen molar-refractivity contribution >= 4 is 11.7 Å². The van der Waals surface area contributed by atoms with E-state index < -0.39 is 5.97 Å². The van der Waals surface area contributed by atoms with Gasteiger partial charge in [-0.25, -0.2) is 4.79 Å². The maximum atomic E-state index is 10.9. The van der Waals surface area contributed by atoms with Gasteiger partial charge in [-0.3, -0.25) is 0 Å². The fourth-order valence-electron chi connectivity index (χ4n) is 2.04. The lowest BCUT2D eigenvalue weighted by atomic mass is 10.1. The third kappa shape index (κ3) is 3.48. The van der Waals surface area contributed by atoms with Gasteiger partial charge in [0, 0.05) is 12.2 Å². The fourth-order valence-corrected chi connectivity index (χ4v) is 2.04. The molecular formula is C14H19NO2. The maximum Gasteiger partial charge on any atom is 0.335 e. The summed E-state index contributed by atoms with van der Waals surface area (Å²) in [6, 6.07) is 5.41. The zero-order valence-corrected chi connectivity index (χ0v) is 10.2. The molecule has 1 saturated carbocycles. The lowest BCUT2D eigenvalue weighted by molar-refractivity contribution is 0.0696. The molecule has 1 aliphatic carbocycles. The Morgan fingerprint density at radius 2 is 2.24 bits per heavy atom. The molecule has 3 heteroatoms. The molecule has 0 bridgehead atoms. The van der Waals surface area contributed by atoms with Crippen molar-refractivity contribution in [3.8, 4) is 0 Å². The second kappa shape index (κ2) is 5.21. The summed E-state index contributed by atoms with van der Waals surface area (Å²) in [6.45, 7) is 2.81. The van der Waals surface area contributed by atoms with E-state index in [9.17, 15) is 4.79 Å². The van der Waals surface area contributed by atoms with Gasteiger partial charge in [0.05, 0.1) is 5.56 Å².